The topological polar surface area (TPSA) is 77.0 Å². The Morgan fingerprint density at radius 2 is 1.79 bits per heavy atom. The summed E-state index contributed by atoms with van der Waals surface area (Å²) in [5, 5.41) is 3.85. The van der Waals surface area contributed by atoms with Crippen LogP contribution in [0.5, 0.6) is 11.5 Å². The highest BCUT2D eigenvalue weighted by atomic mass is 32.2. The van der Waals surface area contributed by atoms with Crippen LogP contribution in [0.1, 0.15) is 16.7 Å². The number of nitrogens with one attached hydrogen (secondary N) is 1. The normalized spacial score (nSPS) is 13.9. The Kier molecular flexibility index (Phi) is 4.44. The molecule has 7 heteroatoms. The van der Waals surface area contributed by atoms with Crippen molar-refractivity contribution in [2.24, 2.45) is 5.10 Å². The molecule has 3 rings (SSSR count). The number of hydrazone groups is 1. The Balaban J connectivity index is 1.77. The van der Waals surface area contributed by atoms with Crippen LogP contribution in [0.2, 0.25) is 0 Å². The van der Waals surface area contributed by atoms with Crippen molar-refractivity contribution in [3.63, 3.8) is 0 Å². The Hall–Kier alpha value is -2.54. The van der Waals surface area contributed by atoms with Gasteiger partial charge in [-0.3, -0.25) is 0 Å². The summed E-state index contributed by atoms with van der Waals surface area (Å²) in [5.74, 6) is 1.30. The highest BCUT2D eigenvalue weighted by molar-refractivity contribution is 7.89. The minimum atomic E-state index is -3.70. The SMILES string of the molecule is Cc1ccc(C)c(S(=O)(=O)NN=Cc2ccc3c(c2)OCCO3)c1. The largest absolute Gasteiger partial charge is 0.486 e. The predicted molar refractivity (Wildman–Crippen MR) is 91.3 cm³/mol. The lowest BCUT2D eigenvalue weighted by molar-refractivity contribution is 0.171. The van der Waals surface area contributed by atoms with Gasteiger partial charge in [-0.25, -0.2) is 4.83 Å². The van der Waals surface area contributed by atoms with Gasteiger partial charge < -0.3 is 9.47 Å². The minimum Gasteiger partial charge on any atom is -0.486 e. The molecule has 0 bridgehead atoms. The van der Waals surface area contributed by atoms with Crippen LogP contribution in [0.3, 0.4) is 0 Å². The second-order valence-electron chi connectivity index (χ2n) is 5.52. The first kappa shape index (κ1) is 16.3. The molecule has 2 aromatic carbocycles. The number of benzene rings is 2. The molecule has 0 saturated heterocycles. The number of ether oxygens (including phenoxy) is 2. The van der Waals surface area contributed by atoms with Gasteiger partial charge in [0, 0.05) is 0 Å². The van der Waals surface area contributed by atoms with Crippen LogP contribution in [0, 0.1) is 13.8 Å². The molecular formula is C17H18N2O4S. The zero-order valence-electron chi connectivity index (χ0n) is 13.4. The lowest BCUT2D eigenvalue weighted by Crippen LogP contribution is -2.19. The molecule has 1 N–H and O–H groups in total. The Morgan fingerprint density at radius 3 is 2.58 bits per heavy atom. The van der Waals surface area contributed by atoms with Crippen molar-refractivity contribution < 1.29 is 17.9 Å². The van der Waals surface area contributed by atoms with Crippen molar-refractivity contribution in [1.82, 2.24) is 4.83 Å². The molecule has 0 radical (unpaired) electrons. The van der Waals surface area contributed by atoms with Crippen LogP contribution in [0.25, 0.3) is 0 Å². The first-order valence-electron chi connectivity index (χ1n) is 7.47. The average molecular weight is 346 g/mol. The van der Waals surface area contributed by atoms with Crippen LogP contribution < -0.4 is 14.3 Å². The van der Waals surface area contributed by atoms with E-state index in [1.807, 2.05) is 13.0 Å². The number of nitrogens with zero attached hydrogens (tertiary/aromatic N) is 1. The number of sulfonamides is 1. The van der Waals surface area contributed by atoms with Crippen LogP contribution in [0.4, 0.5) is 0 Å². The molecule has 0 fully saturated rings. The summed E-state index contributed by atoms with van der Waals surface area (Å²) in [6.07, 6.45) is 1.43. The second kappa shape index (κ2) is 6.52. The van der Waals surface area contributed by atoms with Crippen molar-refractivity contribution in [3.8, 4) is 11.5 Å². The van der Waals surface area contributed by atoms with Crippen molar-refractivity contribution >= 4 is 16.2 Å². The van der Waals surface area contributed by atoms with Crippen molar-refractivity contribution in [2.75, 3.05) is 13.2 Å². The number of rotatable bonds is 4. The van der Waals surface area contributed by atoms with Crippen molar-refractivity contribution in [2.45, 2.75) is 18.7 Å². The third kappa shape index (κ3) is 3.51. The maximum atomic E-state index is 12.4. The summed E-state index contributed by atoms with van der Waals surface area (Å²) in [5.41, 5.74) is 2.25. The van der Waals surface area contributed by atoms with E-state index < -0.39 is 10.0 Å². The van der Waals surface area contributed by atoms with E-state index in [0.717, 1.165) is 5.56 Å². The molecule has 6 nitrogen and oxygen atoms in total. The summed E-state index contributed by atoms with van der Waals surface area (Å²) >= 11 is 0. The van der Waals surface area contributed by atoms with E-state index in [1.165, 1.54) is 6.21 Å². The number of hydrogen-bond donors (Lipinski definition) is 1. The summed E-state index contributed by atoms with van der Waals surface area (Å²) in [6.45, 7) is 4.61. The van der Waals surface area contributed by atoms with Crippen LogP contribution in [-0.4, -0.2) is 27.8 Å². The van der Waals surface area contributed by atoms with Gasteiger partial charge in [-0.05, 0) is 54.8 Å². The number of hydrogen-bond acceptors (Lipinski definition) is 5. The quantitative estimate of drug-likeness (QED) is 0.681. The second-order valence-corrected chi connectivity index (χ2v) is 7.15. The smallest absolute Gasteiger partial charge is 0.276 e. The van der Waals surface area contributed by atoms with Crippen molar-refractivity contribution in [3.05, 3.63) is 53.1 Å². The van der Waals surface area contributed by atoms with Gasteiger partial charge in [-0.15, -0.1) is 0 Å². The monoisotopic (exact) mass is 346 g/mol. The third-order valence-corrected chi connectivity index (χ3v) is 4.95. The van der Waals surface area contributed by atoms with E-state index in [4.69, 9.17) is 9.47 Å². The summed E-state index contributed by atoms with van der Waals surface area (Å²) in [7, 11) is -3.70. The van der Waals surface area contributed by atoms with E-state index in [1.54, 1.807) is 37.3 Å². The Labute approximate surface area is 141 Å². The summed E-state index contributed by atoms with van der Waals surface area (Å²) in [4.78, 5) is 2.47. The maximum Gasteiger partial charge on any atom is 0.276 e. The van der Waals surface area contributed by atoms with Gasteiger partial charge in [0.2, 0.25) is 0 Å². The molecule has 0 aromatic heterocycles. The first-order valence-corrected chi connectivity index (χ1v) is 8.96. The van der Waals surface area contributed by atoms with Crippen LogP contribution in [-0.2, 0) is 10.0 Å². The molecule has 1 aliphatic heterocycles. The Bertz CT molecular complexity index is 891. The summed E-state index contributed by atoms with van der Waals surface area (Å²) < 4.78 is 35.6. The lowest BCUT2D eigenvalue weighted by atomic mass is 10.2. The molecule has 1 aliphatic rings. The standard InChI is InChI=1S/C17H18N2O4S/c1-12-3-4-13(2)17(9-12)24(20,21)19-18-11-14-5-6-15-16(10-14)23-8-7-22-15/h3-6,9-11,19H,7-8H2,1-2H3. The predicted octanol–water partition coefficient (Wildman–Crippen LogP) is 2.39. The summed E-state index contributed by atoms with van der Waals surface area (Å²) in [6, 6.07) is 10.6. The van der Waals surface area contributed by atoms with E-state index >= 15 is 0 Å². The molecule has 0 aliphatic carbocycles. The van der Waals surface area contributed by atoms with Gasteiger partial charge >= 0.3 is 0 Å². The molecular weight excluding hydrogens is 328 g/mol. The number of fused-ring (bicyclic) bond motifs is 1. The van der Waals surface area contributed by atoms with Gasteiger partial charge in [0.15, 0.2) is 11.5 Å². The van der Waals surface area contributed by atoms with Gasteiger partial charge in [-0.2, -0.15) is 13.5 Å². The first-order chi connectivity index (χ1) is 11.5. The highest BCUT2D eigenvalue weighted by Gasteiger charge is 2.16. The fraction of sp³-hybridized carbons (Fsp3) is 0.235. The zero-order valence-corrected chi connectivity index (χ0v) is 14.3. The lowest BCUT2D eigenvalue weighted by Gasteiger charge is -2.18. The molecule has 126 valence electrons. The molecule has 1 heterocycles. The van der Waals surface area contributed by atoms with E-state index in [-0.39, 0.29) is 4.90 Å². The molecule has 0 spiro atoms. The molecule has 0 unspecified atom stereocenters. The van der Waals surface area contributed by atoms with E-state index in [9.17, 15) is 8.42 Å². The van der Waals surface area contributed by atoms with Gasteiger partial charge in [0.25, 0.3) is 10.0 Å². The fourth-order valence-electron chi connectivity index (χ4n) is 2.36. The van der Waals surface area contributed by atoms with Crippen LogP contribution >= 0.6 is 0 Å². The van der Waals surface area contributed by atoms with E-state index in [0.29, 0.717) is 35.8 Å². The molecule has 0 atom stereocenters. The van der Waals surface area contributed by atoms with E-state index in [2.05, 4.69) is 9.93 Å². The molecule has 0 saturated carbocycles. The molecule has 24 heavy (non-hydrogen) atoms. The van der Waals surface area contributed by atoms with Crippen molar-refractivity contribution in [1.29, 1.82) is 0 Å². The Morgan fingerprint density at radius 1 is 1.04 bits per heavy atom. The fourth-order valence-corrected chi connectivity index (χ4v) is 3.48. The van der Waals surface area contributed by atoms with Gasteiger partial charge in [-0.1, -0.05) is 12.1 Å². The minimum absolute atomic E-state index is 0.224. The van der Waals surface area contributed by atoms with Gasteiger partial charge in [0.1, 0.15) is 13.2 Å². The maximum absolute atomic E-state index is 12.4. The van der Waals surface area contributed by atoms with Crippen LogP contribution in [0.15, 0.2) is 46.4 Å². The number of aryl methyl sites for hydroxylation is 2. The average Bonchev–Trinajstić information content (AvgIpc) is 2.56. The molecule has 2 aromatic rings. The van der Waals surface area contributed by atoms with Gasteiger partial charge in [0.05, 0.1) is 11.1 Å². The molecule has 0 amide bonds. The zero-order chi connectivity index (χ0) is 17.2. The highest BCUT2D eigenvalue weighted by Crippen LogP contribution is 2.30. The third-order valence-electron chi connectivity index (χ3n) is 3.59.